The lowest BCUT2D eigenvalue weighted by atomic mass is 10.1. The summed E-state index contributed by atoms with van der Waals surface area (Å²) in [5.41, 5.74) is 3.12. The maximum atomic E-state index is 13.1. The van der Waals surface area contributed by atoms with Gasteiger partial charge in [-0.25, -0.2) is 4.98 Å². The summed E-state index contributed by atoms with van der Waals surface area (Å²) in [5.74, 6) is 1.13. The van der Waals surface area contributed by atoms with Gasteiger partial charge in [0.2, 0.25) is 5.95 Å². The molecule has 0 spiro atoms. The summed E-state index contributed by atoms with van der Waals surface area (Å²) >= 11 is 11.7. The number of rotatable bonds is 2. The first-order valence-corrected chi connectivity index (χ1v) is 10.4. The number of para-hydroxylation sites is 1. The molecule has 8 heteroatoms. The summed E-state index contributed by atoms with van der Waals surface area (Å²) in [5, 5.41) is 0.926. The van der Waals surface area contributed by atoms with E-state index in [1.54, 1.807) is 16.7 Å². The van der Waals surface area contributed by atoms with Gasteiger partial charge < -0.3 is 4.90 Å². The maximum Gasteiger partial charge on any atom is 0.264 e. The highest BCUT2D eigenvalue weighted by Crippen LogP contribution is 2.36. The number of hydrogen-bond acceptors (Lipinski definition) is 5. The number of nitrogens with one attached hydrogen (secondary N) is 1. The highest BCUT2D eigenvalue weighted by Gasteiger charge is 2.29. The van der Waals surface area contributed by atoms with Gasteiger partial charge in [0.05, 0.1) is 0 Å². The van der Waals surface area contributed by atoms with Crippen LogP contribution in [0.2, 0.25) is 5.02 Å². The van der Waals surface area contributed by atoms with Crippen molar-refractivity contribution < 1.29 is 0 Å². The van der Waals surface area contributed by atoms with Gasteiger partial charge in [-0.3, -0.25) is 14.3 Å². The number of nitrogens with zero attached hydrogens (tertiary/aromatic N) is 4. The zero-order valence-electron chi connectivity index (χ0n) is 16.4. The van der Waals surface area contributed by atoms with E-state index in [1.807, 2.05) is 37.3 Å². The van der Waals surface area contributed by atoms with Crippen molar-refractivity contribution in [1.82, 2.24) is 19.5 Å². The molecule has 0 aliphatic carbocycles. The molecule has 0 bridgehead atoms. The molecule has 3 heterocycles. The first-order valence-electron chi connectivity index (χ1n) is 9.61. The molecule has 4 aromatic rings. The lowest BCUT2D eigenvalue weighted by Gasteiger charge is -2.23. The first-order chi connectivity index (χ1) is 14.4. The lowest BCUT2D eigenvalue weighted by molar-refractivity contribution is 0.739. The number of anilines is 2. The molecule has 0 radical (unpaired) electrons. The predicted molar refractivity (Wildman–Crippen MR) is 122 cm³/mol. The Labute approximate surface area is 182 Å². The van der Waals surface area contributed by atoms with Gasteiger partial charge >= 0.3 is 0 Å². The van der Waals surface area contributed by atoms with Gasteiger partial charge in [-0.05, 0) is 56.2 Å². The van der Waals surface area contributed by atoms with Crippen LogP contribution in [0.4, 0.5) is 11.6 Å². The van der Waals surface area contributed by atoms with Crippen LogP contribution in [0.3, 0.4) is 0 Å². The molecule has 2 aromatic heterocycles. The standard InChI is InChI=1S/C22H18ClN5OS/c1-12-11-14-5-3-4-6-17(14)27(12)22-25-19-18(20(29)26-22)21(30)28(13(2)24-19)16-9-7-15(23)8-10-16/h3-10,12H,11H2,1-2H3,(H,25,26,29). The Morgan fingerprint density at radius 2 is 1.87 bits per heavy atom. The van der Waals surface area contributed by atoms with Crippen molar-refractivity contribution >= 4 is 46.5 Å². The number of benzene rings is 2. The van der Waals surface area contributed by atoms with Crippen LogP contribution in [0, 0.1) is 11.6 Å². The van der Waals surface area contributed by atoms with Crippen molar-refractivity contribution in [3.63, 3.8) is 0 Å². The minimum absolute atomic E-state index is 0.176. The van der Waals surface area contributed by atoms with Crippen molar-refractivity contribution in [3.05, 3.63) is 79.9 Å². The molecule has 0 saturated heterocycles. The number of hydrogen-bond donors (Lipinski definition) is 1. The zero-order valence-corrected chi connectivity index (χ0v) is 18.0. The van der Waals surface area contributed by atoms with E-state index in [-0.39, 0.29) is 11.6 Å². The molecule has 1 aliphatic rings. The third-order valence-electron chi connectivity index (χ3n) is 5.42. The monoisotopic (exact) mass is 435 g/mol. The molecule has 1 N–H and O–H groups in total. The number of aryl methyl sites for hydroxylation is 1. The van der Waals surface area contributed by atoms with Crippen LogP contribution in [0.5, 0.6) is 0 Å². The fourth-order valence-electron chi connectivity index (χ4n) is 4.08. The van der Waals surface area contributed by atoms with Crippen molar-refractivity contribution in [2.45, 2.75) is 26.3 Å². The lowest BCUT2D eigenvalue weighted by Crippen LogP contribution is -2.28. The third-order valence-corrected chi connectivity index (χ3v) is 6.06. The first kappa shape index (κ1) is 19.0. The Hall–Kier alpha value is -3.03. The molecule has 0 fully saturated rings. The number of aromatic nitrogens is 4. The summed E-state index contributed by atoms with van der Waals surface area (Å²) < 4.78 is 2.13. The summed E-state index contributed by atoms with van der Waals surface area (Å²) in [6.45, 7) is 3.96. The van der Waals surface area contributed by atoms with Gasteiger partial charge in [0.1, 0.15) is 15.9 Å². The topological polar surface area (TPSA) is 66.8 Å². The molecule has 1 unspecified atom stereocenters. The smallest absolute Gasteiger partial charge is 0.264 e. The average Bonchev–Trinajstić information content (AvgIpc) is 3.04. The molecule has 5 rings (SSSR count). The molecule has 1 atom stereocenters. The molecule has 0 saturated carbocycles. The summed E-state index contributed by atoms with van der Waals surface area (Å²) in [6.07, 6.45) is 0.891. The minimum atomic E-state index is -0.299. The fourth-order valence-corrected chi connectivity index (χ4v) is 4.63. The quantitative estimate of drug-likeness (QED) is 0.454. The number of halogens is 1. The van der Waals surface area contributed by atoms with E-state index in [4.69, 9.17) is 28.8 Å². The van der Waals surface area contributed by atoms with Crippen LogP contribution in [-0.2, 0) is 6.42 Å². The summed E-state index contributed by atoms with van der Waals surface area (Å²) in [4.78, 5) is 27.4. The van der Waals surface area contributed by atoms with Crippen molar-refractivity contribution in [1.29, 1.82) is 0 Å². The predicted octanol–water partition coefficient (Wildman–Crippen LogP) is 4.88. The van der Waals surface area contributed by atoms with Gasteiger partial charge in [-0.15, -0.1) is 0 Å². The van der Waals surface area contributed by atoms with E-state index in [9.17, 15) is 4.79 Å². The van der Waals surface area contributed by atoms with E-state index in [2.05, 4.69) is 27.9 Å². The third kappa shape index (κ3) is 2.93. The number of aromatic amines is 1. The van der Waals surface area contributed by atoms with E-state index in [0.717, 1.165) is 17.8 Å². The van der Waals surface area contributed by atoms with E-state index >= 15 is 0 Å². The van der Waals surface area contributed by atoms with Crippen LogP contribution >= 0.6 is 23.8 Å². The highest BCUT2D eigenvalue weighted by atomic mass is 35.5. The fraction of sp³-hybridized carbons (Fsp3) is 0.182. The molecule has 1 aliphatic heterocycles. The van der Waals surface area contributed by atoms with E-state index in [0.29, 0.717) is 32.5 Å². The van der Waals surface area contributed by atoms with Crippen LogP contribution in [0.15, 0.2) is 53.3 Å². The van der Waals surface area contributed by atoms with Gasteiger partial charge in [0.15, 0.2) is 5.65 Å². The largest absolute Gasteiger partial charge is 0.309 e. The van der Waals surface area contributed by atoms with Crippen molar-refractivity contribution in [3.8, 4) is 5.69 Å². The Balaban J connectivity index is 1.71. The van der Waals surface area contributed by atoms with Gasteiger partial charge in [0, 0.05) is 22.4 Å². The normalized spacial score (nSPS) is 15.6. The van der Waals surface area contributed by atoms with Crippen LogP contribution in [0.1, 0.15) is 18.3 Å². The Morgan fingerprint density at radius 3 is 2.63 bits per heavy atom. The summed E-state index contributed by atoms with van der Waals surface area (Å²) in [6, 6.07) is 15.6. The van der Waals surface area contributed by atoms with Gasteiger partial charge in [0.25, 0.3) is 5.56 Å². The molecular formula is C22H18ClN5OS. The molecule has 150 valence electrons. The van der Waals surface area contributed by atoms with Crippen LogP contribution in [-0.4, -0.2) is 25.6 Å². The Morgan fingerprint density at radius 1 is 1.13 bits per heavy atom. The SMILES string of the molecule is Cc1nc2nc(N3c4ccccc4CC3C)[nH]c(=O)c2c(=S)n1-c1ccc(Cl)cc1. The number of fused-ring (bicyclic) bond motifs is 2. The average molecular weight is 436 g/mol. The van der Waals surface area contributed by atoms with Gasteiger partial charge in [-0.2, -0.15) is 4.98 Å². The van der Waals surface area contributed by atoms with Crippen molar-refractivity contribution in [2.24, 2.45) is 0 Å². The second-order valence-electron chi connectivity index (χ2n) is 7.42. The van der Waals surface area contributed by atoms with E-state index in [1.165, 1.54) is 5.56 Å². The molecule has 6 nitrogen and oxygen atoms in total. The Bertz CT molecular complexity index is 1410. The maximum absolute atomic E-state index is 13.1. The van der Waals surface area contributed by atoms with Gasteiger partial charge in [-0.1, -0.05) is 42.0 Å². The molecule has 2 aromatic carbocycles. The van der Waals surface area contributed by atoms with Crippen molar-refractivity contribution in [2.75, 3.05) is 4.90 Å². The number of H-pyrrole nitrogens is 1. The van der Waals surface area contributed by atoms with E-state index < -0.39 is 0 Å². The second-order valence-corrected chi connectivity index (χ2v) is 8.24. The molecular weight excluding hydrogens is 418 g/mol. The van der Waals surface area contributed by atoms with Crippen LogP contribution < -0.4 is 10.5 Å². The zero-order chi connectivity index (χ0) is 21.0. The molecule has 0 amide bonds. The second kappa shape index (κ2) is 7.04. The highest BCUT2D eigenvalue weighted by molar-refractivity contribution is 7.71. The Kier molecular flexibility index (Phi) is 4.45. The molecule has 30 heavy (non-hydrogen) atoms. The minimum Gasteiger partial charge on any atom is -0.309 e. The summed E-state index contributed by atoms with van der Waals surface area (Å²) in [7, 11) is 0. The van der Waals surface area contributed by atoms with Crippen LogP contribution in [0.25, 0.3) is 16.7 Å².